The first-order valence-corrected chi connectivity index (χ1v) is 11.1. The molecule has 8 nitrogen and oxygen atoms in total. The summed E-state index contributed by atoms with van der Waals surface area (Å²) in [5.41, 5.74) is 2.14. The van der Waals surface area contributed by atoms with Crippen molar-refractivity contribution in [2.24, 2.45) is 4.99 Å². The molecule has 0 spiro atoms. The van der Waals surface area contributed by atoms with E-state index in [0.29, 0.717) is 22.2 Å². The van der Waals surface area contributed by atoms with E-state index in [1.165, 1.54) is 31.9 Å². The summed E-state index contributed by atoms with van der Waals surface area (Å²) < 4.78 is 11.3. The number of nitrogens with zero attached hydrogens (tertiary/aromatic N) is 3. The minimum atomic E-state index is -0.816. The van der Waals surface area contributed by atoms with Crippen molar-refractivity contribution in [2.75, 3.05) is 20.4 Å². The first-order chi connectivity index (χ1) is 15.3. The molecule has 0 unspecified atom stereocenters. The van der Waals surface area contributed by atoms with E-state index < -0.39 is 11.0 Å². The fourth-order valence-corrected chi connectivity index (χ4v) is 4.22. The van der Waals surface area contributed by atoms with E-state index in [1.807, 2.05) is 55.5 Å². The number of hydrogen-bond acceptors (Lipinski definition) is 8. The molecular weight excluding hydrogens is 430 g/mol. The fourth-order valence-electron chi connectivity index (χ4n) is 3.60. The highest BCUT2D eigenvalue weighted by Crippen LogP contribution is 2.44. The van der Waals surface area contributed by atoms with Crippen LogP contribution in [0.5, 0.6) is 11.5 Å². The second-order valence-corrected chi connectivity index (χ2v) is 8.00. The number of rotatable bonds is 7. The molecule has 0 radical (unpaired) electrons. The summed E-state index contributed by atoms with van der Waals surface area (Å²) in [5.74, 6) is 0.390. The van der Waals surface area contributed by atoms with Crippen LogP contribution in [0.25, 0.3) is 0 Å². The van der Waals surface area contributed by atoms with Crippen molar-refractivity contribution < 1.29 is 19.2 Å². The van der Waals surface area contributed by atoms with Crippen LogP contribution in [0.3, 0.4) is 0 Å². The van der Waals surface area contributed by atoms with Crippen molar-refractivity contribution in [3.63, 3.8) is 0 Å². The lowest BCUT2D eigenvalue weighted by atomic mass is 9.92. The van der Waals surface area contributed by atoms with Crippen molar-refractivity contribution in [1.29, 1.82) is 0 Å². The maximum atomic E-state index is 12.5. The maximum Gasteiger partial charge on any atom is 0.279 e. The number of ketones is 1. The molecule has 0 saturated carbocycles. The second kappa shape index (κ2) is 9.86. The van der Waals surface area contributed by atoms with Gasteiger partial charge in [0.1, 0.15) is 12.6 Å². The summed E-state index contributed by atoms with van der Waals surface area (Å²) in [6, 6.07) is 11.6. The second-order valence-electron chi connectivity index (χ2n) is 7.23. The molecule has 0 saturated heterocycles. The van der Waals surface area contributed by atoms with E-state index in [1.54, 1.807) is 6.07 Å². The van der Waals surface area contributed by atoms with E-state index in [4.69, 9.17) is 9.47 Å². The Kier molecular flexibility index (Phi) is 7.19. The Hall–Kier alpha value is -3.33. The fraction of sp³-hybridized carbons (Fsp3) is 0.304. The van der Waals surface area contributed by atoms with Gasteiger partial charge in [0.15, 0.2) is 22.4 Å². The van der Waals surface area contributed by atoms with Crippen LogP contribution >= 0.6 is 11.8 Å². The van der Waals surface area contributed by atoms with E-state index in [-0.39, 0.29) is 29.4 Å². The van der Waals surface area contributed by atoms with Gasteiger partial charge in [0, 0.05) is 18.3 Å². The lowest BCUT2D eigenvalue weighted by molar-refractivity contribution is -0.385. The number of carbonyl (C=O) groups excluding carboxylic acids is 1. The predicted octanol–water partition coefficient (Wildman–Crippen LogP) is 4.75. The minimum absolute atomic E-state index is 0.181. The van der Waals surface area contributed by atoms with Crippen molar-refractivity contribution >= 4 is 28.4 Å². The molecule has 32 heavy (non-hydrogen) atoms. The van der Waals surface area contributed by atoms with Crippen LogP contribution in [0.15, 0.2) is 58.7 Å². The maximum absolute atomic E-state index is 12.5. The molecule has 0 fully saturated rings. The quantitative estimate of drug-likeness (QED) is 0.439. The Labute approximate surface area is 191 Å². The number of aliphatic imine (C=N–C) groups is 1. The summed E-state index contributed by atoms with van der Waals surface area (Å²) in [6.45, 7) is 3.49. The number of amidine groups is 1. The normalized spacial score (nSPS) is 16.0. The Morgan fingerprint density at radius 1 is 1.25 bits per heavy atom. The molecule has 2 aromatic carbocycles. The van der Waals surface area contributed by atoms with Gasteiger partial charge >= 0.3 is 0 Å². The van der Waals surface area contributed by atoms with Crippen LogP contribution in [-0.4, -0.2) is 41.2 Å². The highest BCUT2D eigenvalue weighted by molar-refractivity contribution is 8.13. The van der Waals surface area contributed by atoms with Crippen molar-refractivity contribution in [3.05, 3.63) is 75.0 Å². The number of allylic oxidation sites excluding steroid dienone is 1. The summed E-state index contributed by atoms with van der Waals surface area (Å²) in [5, 5.41) is 12.7. The molecule has 0 aromatic heterocycles. The molecule has 0 aliphatic carbocycles. The first kappa shape index (κ1) is 23.3. The van der Waals surface area contributed by atoms with Crippen LogP contribution in [0.1, 0.15) is 31.0 Å². The number of methoxy groups -OCH3 is 1. The molecule has 2 aromatic rings. The van der Waals surface area contributed by atoms with Gasteiger partial charge in [0.25, 0.3) is 5.69 Å². The molecular formula is C23H25N3O5S. The SMILES string of the molecule is COc1cc([C@H]2N=C(SC)N(C)C(C)=C2C(C)=O)c([N+](=O)[O-])cc1OCc1ccccc1. The molecule has 9 heteroatoms. The molecule has 0 bridgehead atoms. The monoisotopic (exact) mass is 455 g/mol. The van der Waals surface area contributed by atoms with Gasteiger partial charge in [-0.2, -0.15) is 0 Å². The molecule has 1 aliphatic rings. The van der Waals surface area contributed by atoms with Crippen LogP contribution in [-0.2, 0) is 11.4 Å². The minimum Gasteiger partial charge on any atom is -0.493 e. The number of thioether (sulfide) groups is 1. The zero-order chi connectivity index (χ0) is 23.4. The van der Waals surface area contributed by atoms with Gasteiger partial charge in [-0.15, -0.1) is 0 Å². The topological polar surface area (TPSA) is 94.3 Å². The summed E-state index contributed by atoms with van der Waals surface area (Å²) in [7, 11) is 3.29. The van der Waals surface area contributed by atoms with Crippen molar-refractivity contribution in [1.82, 2.24) is 4.90 Å². The molecule has 0 amide bonds. The van der Waals surface area contributed by atoms with Gasteiger partial charge in [-0.05, 0) is 31.7 Å². The third-order valence-corrected chi connectivity index (χ3v) is 6.04. The Morgan fingerprint density at radius 2 is 1.94 bits per heavy atom. The third kappa shape index (κ3) is 4.62. The van der Waals surface area contributed by atoms with Crippen LogP contribution < -0.4 is 9.47 Å². The number of carbonyl (C=O) groups is 1. The van der Waals surface area contributed by atoms with Crippen LogP contribution in [0, 0.1) is 10.1 Å². The molecule has 1 aliphatic heterocycles. The third-order valence-electron chi connectivity index (χ3n) is 5.30. The lowest BCUT2D eigenvalue weighted by Gasteiger charge is -2.31. The van der Waals surface area contributed by atoms with Gasteiger partial charge < -0.3 is 14.4 Å². The zero-order valence-corrected chi connectivity index (χ0v) is 19.4. The van der Waals surface area contributed by atoms with Gasteiger partial charge in [0.05, 0.1) is 23.7 Å². The average Bonchev–Trinajstić information content (AvgIpc) is 2.79. The average molecular weight is 456 g/mol. The van der Waals surface area contributed by atoms with Crippen LogP contribution in [0.4, 0.5) is 5.69 Å². The number of hydrogen-bond donors (Lipinski definition) is 0. The number of nitro groups is 1. The van der Waals surface area contributed by atoms with Crippen molar-refractivity contribution in [3.8, 4) is 11.5 Å². The number of nitro benzene ring substituents is 1. The Balaban J connectivity index is 2.12. The van der Waals surface area contributed by atoms with E-state index in [9.17, 15) is 14.9 Å². The molecule has 0 N–H and O–H groups in total. The van der Waals surface area contributed by atoms with E-state index >= 15 is 0 Å². The molecule has 3 rings (SSSR count). The summed E-state index contributed by atoms with van der Waals surface area (Å²) in [4.78, 5) is 30.5. The lowest BCUT2D eigenvalue weighted by Crippen LogP contribution is -2.31. The molecule has 1 heterocycles. The number of ether oxygens (including phenoxy) is 2. The zero-order valence-electron chi connectivity index (χ0n) is 18.6. The number of Topliss-reactive ketones (excluding diaryl/α,β-unsaturated/α-hetero) is 1. The predicted molar refractivity (Wildman–Crippen MR) is 125 cm³/mol. The van der Waals surface area contributed by atoms with Gasteiger partial charge in [0.2, 0.25) is 0 Å². The van der Waals surface area contributed by atoms with Gasteiger partial charge in [-0.25, -0.2) is 4.99 Å². The highest BCUT2D eigenvalue weighted by Gasteiger charge is 2.35. The standard InChI is InChI=1S/C23H25N3O5S/c1-14-21(15(2)27)22(24-23(32-5)25(14)3)17-11-19(30-4)20(12-18(17)26(28)29)31-13-16-9-7-6-8-10-16/h6-12,22H,13H2,1-5H3/t22-/m1/s1. The Bertz CT molecular complexity index is 1100. The summed E-state index contributed by atoms with van der Waals surface area (Å²) >= 11 is 1.41. The Morgan fingerprint density at radius 3 is 2.50 bits per heavy atom. The molecule has 1 atom stereocenters. The van der Waals surface area contributed by atoms with Gasteiger partial charge in [-0.1, -0.05) is 42.1 Å². The first-order valence-electron chi connectivity index (χ1n) is 9.88. The van der Waals surface area contributed by atoms with E-state index in [2.05, 4.69) is 4.99 Å². The van der Waals surface area contributed by atoms with Gasteiger partial charge in [-0.3, -0.25) is 14.9 Å². The van der Waals surface area contributed by atoms with Crippen molar-refractivity contribution in [2.45, 2.75) is 26.5 Å². The smallest absolute Gasteiger partial charge is 0.279 e. The molecule has 168 valence electrons. The van der Waals surface area contributed by atoms with E-state index in [0.717, 1.165) is 5.56 Å². The number of benzene rings is 2. The highest BCUT2D eigenvalue weighted by atomic mass is 32.2. The van der Waals surface area contributed by atoms with Crippen LogP contribution in [0.2, 0.25) is 0 Å². The largest absolute Gasteiger partial charge is 0.493 e. The summed E-state index contributed by atoms with van der Waals surface area (Å²) in [6.07, 6.45) is 1.87.